The van der Waals surface area contributed by atoms with Gasteiger partial charge in [-0.2, -0.15) is 4.31 Å². The maximum absolute atomic E-state index is 12.6. The second-order valence-corrected chi connectivity index (χ2v) is 8.87. The van der Waals surface area contributed by atoms with E-state index < -0.39 is 29.1 Å². The Bertz CT molecular complexity index is 1160. The van der Waals surface area contributed by atoms with Gasteiger partial charge < -0.3 is 9.72 Å². The Labute approximate surface area is 169 Å². The Kier molecular flexibility index (Phi) is 5.86. The molecule has 1 heterocycles. The number of rotatable bonds is 7. The third-order valence-electron chi connectivity index (χ3n) is 4.62. The predicted octanol–water partition coefficient (Wildman–Crippen LogP) is 2.83. The highest BCUT2D eigenvalue weighted by Gasteiger charge is 2.24. The number of likely N-dealkylation sites (N-methyl/N-ethyl adjacent to an activating group) is 1. The first-order valence-electron chi connectivity index (χ1n) is 8.99. The van der Waals surface area contributed by atoms with Crippen molar-refractivity contribution in [1.29, 1.82) is 0 Å². The summed E-state index contributed by atoms with van der Waals surface area (Å²) in [7, 11) is -2.53. The largest absolute Gasteiger partial charge is 0.456 e. The van der Waals surface area contributed by atoms with Crippen molar-refractivity contribution in [3.8, 4) is 0 Å². The predicted molar refractivity (Wildman–Crippen MR) is 109 cm³/mol. The normalized spacial score (nSPS) is 11.7. The van der Waals surface area contributed by atoms with E-state index in [0.29, 0.717) is 11.3 Å². The van der Waals surface area contributed by atoms with Crippen LogP contribution in [-0.4, -0.2) is 49.7 Å². The quantitative estimate of drug-likeness (QED) is 0.474. The average molecular weight is 414 g/mol. The van der Waals surface area contributed by atoms with Crippen LogP contribution in [0.3, 0.4) is 0 Å². The summed E-state index contributed by atoms with van der Waals surface area (Å²) >= 11 is 0. The first-order chi connectivity index (χ1) is 13.7. The highest BCUT2D eigenvalue weighted by molar-refractivity contribution is 7.89. The highest BCUT2D eigenvalue weighted by Crippen LogP contribution is 2.22. The van der Waals surface area contributed by atoms with E-state index in [1.54, 1.807) is 19.1 Å². The van der Waals surface area contributed by atoms with Gasteiger partial charge in [0, 0.05) is 29.2 Å². The zero-order valence-corrected chi connectivity index (χ0v) is 17.2. The SMILES string of the molecule is Cc1ccc(S(=O)(=O)N(C)CC(=O)OCC(=O)c2c(C)[nH]c3ccccc23)cc1. The first kappa shape index (κ1) is 20.8. The number of ketones is 1. The molecule has 1 aromatic heterocycles. The van der Waals surface area contributed by atoms with Gasteiger partial charge in [-0.05, 0) is 32.0 Å². The van der Waals surface area contributed by atoms with Crippen LogP contribution in [0.15, 0.2) is 53.4 Å². The van der Waals surface area contributed by atoms with E-state index in [9.17, 15) is 18.0 Å². The minimum absolute atomic E-state index is 0.0869. The molecule has 0 spiro atoms. The molecular formula is C21H22N2O5S. The zero-order valence-electron chi connectivity index (χ0n) is 16.4. The van der Waals surface area contributed by atoms with Gasteiger partial charge in [0.15, 0.2) is 6.61 Å². The molecule has 0 atom stereocenters. The van der Waals surface area contributed by atoms with E-state index in [-0.39, 0.29) is 10.7 Å². The van der Waals surface area contributed by atoms with Gasteiger partial charge in [-0.15, -0.1) is 0 Å². The summed E-state index contributed by atoms with van der Waals surface area (Å²) in [5.74, 6) is -1.15. The van der Waals surface area contributed by atoms with Crippen LogP contribution >= 0.6 is 0 Å². The molecule has 8 heteroatoms. The van der Waals surface area contributed by atoms with Gasteiger partial charge in [-0.25, -0.2) is 8.42 Å². The first-order valence-corrected chi connectivity index (χ1v) is 10.4. The number of esters is 1. The number of benzene rings is 2. The molecule has 0 unspecified atom stereocenters. The lowest BCUT2D eigenvalue weighted by Crippen LogP contribution is -2.33. The minimum Gasteiger partial charge on any atom is -0.456 e. The van der Waals surface area contributed by atoms with Crippen molar-refractivity contribution >= 4 is 32.7 Å². The van der Waals surface area contributed by atoms with Crippen LogP contribution in [0, 0.1) is 13.8 Å². The number of hydrogen-bond acceptors (Lipinski definition) is 5. The van der Waals surface area contributed by atoms with Crippen molar-refractivity contribution in [1.82, 2.24) is 9.29 Å². The van der Waals surface area contributed by atoms with Crippen LogP contribution in [-0.2, 0) is 19.6 Å². The van der Waals surface area contributed by atoms with Crippen molar-refractivity contribution in [3.05, 3.63) is 65.4 Å². The number of nitrogens with one attached hydrogen (secondary N) is 1. The summed E-state index contributed by atoms with van der Waals surface area (Å²) in [6.07, 6.45) is 0. The number of carbonyl (C=O) groups is 2. The second-order valence-electron chi connectivity index (χ2n) is 6.83. The Balaban J connectivity index is 1.64. The summed E-state index contributed by atoms with van der Waals surface area (Å²) in [5.41, 5.74) is 2.90. The number of fused-ring (bicyclic) bond motifs is 1. The molecule has 0 radical (unpaired) electrons. The van der Waals surface area contributed by atoms with Crippen molar-refractivity contribution < 1.29 is 22.7 Å². The number of ether oxygens (including phenoxy) is 1. The number of para-hydroxylation sites is 1. The van der Waals surface area contributed by atoms with Gasteiger partial charge in [-0.3, -0.25) is 9.59 Å². The standard InChI is InChI=1S/C21H22N2O5S/c1-14-8-10-16(11-9-14)29(26,27)23(3)12-20(25)28-13-19(24)21-15(2)22-18-7-5-4-6-17(18)21/h4-11,22H,12-13H2,1-3H3. The Morgan fingerprint density at radius 3 is 2.38 bits per heavy atom. The van der Waals surface area contributed by atoms with Crippen LogP contribution in [0.25, 0.3) is 10.9 Å². The maximum atomic E-state index is 12.6. The van der Waals surface area contributed by atoms with Crippen molar-refractivity contribution in [2.45, 2.75) is 18.7 Å². The molecule has 0 saturated carbocycles. The smallest absolute Gasteiger partial charge is 0.321 e. The maximum Gasteiger partial charge on any atom is 0.321 e. The van der Waals surface area contributed by atoms with Crippen molar-refractivity contribution in [2.24, 2.45) is 0 Å². The second kappa shape index (κ2) is 8.18. The number of carbonyl (C=O) groups excluding carboxylic acids is 2. The Hall–Kier alpha value is -2.97. The zero-order chi connectivity index (χ0) is 21.2. The van der Waals surface area contributed by atoms with Crippen LogP contribution in [0.5, 0.6) is 0 Å². The fraction of sp³-hybridized carbons (Fsp3) is 0.238. The minimum atomic E-state index is -3.83. The van der Waals surface area contributed by atoms with Crippen LogP contribution in [0.4, 0.5) is 0 Å². The number of H-pyrrole nitrogens is 1. The van der Waals surface area contributed by atoms with E-state index in [4.69, 9.17) is 4.74 Å². The van der Waals surface area contributed by atoms with Gasteiger partial charge in [0.25, 0.3) is 0 Å². The van der Waals surface area contributed by atoms with Crippen LogP contribution in [0.2, 0.25) is 0 Å². The van der Waals surface area contributed by atoms with Gasteiger partial charge in [0.2, 0.25) is 15.8 Å². The number of aromatic amines is 1. The summed E-state index contributed by atoms with van der Waals surface area (Å²) in [4.78, 5) is 27.9. The van der Waals surface area contributed by atoms with Gasteiger partial charge in [0.05, 0.1) is 4.90 Å². The number of sulfonamides is 1. The fourth-order valence-corrected chi connectivity index (χ4v) is 4.17. The number of aromatic nitrogens is 1. The van der Waals surface area contributed by atoms with Gasteiger partial charge >= 0.3 is 5.97 Å². The van der Waals surface area contributed by atoms with Crippen LogP contribution < -0.4 is 0 Å². The van der Waals surface area contributed by atoms with E-state index in [1.165, 1.54) is 19.2 Å². The summed E-state index contributed by atoms with van der Waals surface area (Å²) in [6.45, 7) is 2.68. The molecule has 0 aliphatic rings. The van der Waals surface area contributed by atoms with Crippen molar-refractivity contribution in [2.75, 3.05) is 20.2 Å². The van der Waals surface area contributed by atoms with Gasteiger partial charge in [-0.1, -0.05) is 35.9 Å². The summed E-state index contributed by atoms with van der Waals surface area (Å²) in [5, 5.41) is 0.755. The van der Waals surface area contributed by atoms with Gasteiger partial charge in [0.1, 0.15) is 6.54 Å². The topological polar surface area (TPSA) is 96.5 Å². The lowest BCUT2D eigenvalue weighted by Gasteiger charge is -2.16. The third-order valence-corrected chi connectivity index (χ3v) is 6.44. The molecule has 3 rings (SSSR count). The Morgan fingerprint density at radius 1 is 1.03 bits per heavy atom. The van der Waals surface area contributed by atoms with E-state index >= 15 is 0 Å². The molecule has 0 aliphatic carbocycles. The highest BCUT2D eigenvalue weighted by atomic mass is 32.2. The lowest BCUT2D eigenvalue weighted by molar-refractivity contribution is -0.142. The lowest BCUT2D eigenvalue weighted by atomic mass is 10.1. The number of nitrogens with zero attached hydrogens (tertiary/aromatic N) is 1. The summed E-state index contributed by atoms with van der Waals surface area (Å²) < 4.78 is 31.0. The van der Waals surface area contributed by atoms with E-state index in [0.717, 1.165) is 20.8 Å². The van der Waals surface area contributed by atoms with E-state index in [2.05, 4.69) is 4.98 Å². The number of aryl methyl sites for hydroxylation is 2. The Morgan fingerprint density at radius 2 is 1.69 bits per heavy atom. The molecule has 0 fully saturated rings. The molecule has 2 aromatic carbocycles. The molecule has 0 aliphatic heterocycles. The molecule has 0 bridgehead atoms. The molecule has 0 amide bonds. The molecular weight excluding hydrogens is 392 g/mol. The molecule has 7 nitrogen and oxygen atoms in total. The molecule has 152 valence electrons. The molecule has 1 N–H and O–H groups in total. The third kappa shape index (κ3) is 4.38. The average Bonchev–Trinajstić information content (AvgIpc) is 3.02. The number of hydrogen-bond donors (Lipinski definition) is 1. The molecule has 0 saturated heterocycles. The monoisotopic (exact) mass is 414 g/mol. The summed E-state index contributed by atoms with van der Waals surface area (Å²) in [6, 6.07) is 13.7. The van der Waals surface area contributed by atoms with E-state index in [1.807, 2.05) is 31.2 Å². The molecule has 3 aromatic rings. The van der Waals surface area contributed by atoms with Crippen LogP contribution in [0.1, 0.15) is 21.6 Å². The molecule has 29 heavy (non-hydrogen) atoms. The fourth-order valence-electron chi connectivity index (χ4n) is 3.06. The van der Waals surface area contributed by atoms with Crippen molar-refractivity contribution in [3.63, 3.8) is 0 Å². The number of Topliss-reactive ketones (excluding diaryl/α,β-unsaturated/α-hetero) is 1.